The Labute approximate surface area is 162 Å². The Balaban J connectivity index is 1.62. The molecule has 1 aromatic heterocycles. The molecule has 1 aliphatic heterocycles. The highest BCUT2D eigenvalue weighted by Crippen LogP contribution is 2.37. The number of aromatic nitrogens is 1. The maximum atomic E-state index is 12.8. The molecule has 4 rings (SSSR count). The van der Waals surface area contributed by atoms with Gasteiger partial charge in [0.15, 0.2) is 5.76 Å². The predicted octanol–water partition coefficient (Wildman–Crippen LogP) is 4.53. The first-order valence-electron chi connectivity index (χ1n) is 8.79. The maximum absolute atomic E-state index is 12.8. The second-order valence-electron chi connectivity index (χ2n) is 6.59. The Morgan fingerprint density at radius 2 is 1.86 bits per heavy atom. The van der Waals surface area contributed by atoms with Crippen molar-refractivity contribution in [3.8, 4) is 11.5 Å². The number of benzene rings is 2. The molecular formula is C23H17NO4. The highest BCUT2D eigenvalue weighted by molar-refractivity contribution is 6.15. The molecule has 0 fully saturated rings. The predicted molar refractivity (Wildman–Crippen MR) is 104 cm³/mol. The number of allylic oxidation sites excluding steroid dienone is 1. The van der Waals surface area contributed by atoms with E-state index in [2.05, 4.69) is 4.98 Å². The van der Waals surface area contributed by atoms with Gasteiger partial charge in [-0.25, -0.2) is 4.79 Å². The molecule has 0 saturated carbocycles. The summed E-state index contributed by atoms with van der Waals surface area (Å²) in [6.07, 6.45) is 4.76. The van der Waals surface area contributed by atoms with E-state index in [1.807, 2.05) is 31.2 Å². The molecular weight excluding hydrogens is 354 g/mol. The summed E-state index contributed by atoms with van der Waals surface area (Å²) in [6.45, 7) is 3.78. The molecule has 0 amide bonds. The number of rotatable bonds is 3. The molecule has 0 bridgehead atoms. The molecule has 1 aliphatic rings. The van der Waals surface area contributed by atoms with E-state index in [-0.39, 0.29) is 11.5 Å². The number of carbonyl (C=O) groups excluding carboxylic acids is 2. The number of fused-ring (bicyclic) bond motifs is 1. The second kappa shape index (κ2) is 7.12. The lowest BCUT2D eigenvalue weighted by atomic mass is 10.0. The number of ether oxygens (including phenoxy) is 2. The number of Topliss-reactive ketones (excluding diaryl/α,β-unsaturated/α-hetero) is 1. The number of hydrogen-bond acceptors (Lipinski definition) is 5. The van der Waals surface area contributed by atoms with Crippen LogP contribution in [0.15, 0.2) is 66.7 Å². The third kappa shape index (κ3) is 3.42. The topological polar surface area (TPSA) is 65.5 Å². The maximum Gasteiger partial charge on any atom is 0.343 e. The van der Waals surface area contributed by atoms with Gasteiger partial charge in [-0.15, -0.1) is 0 Å². The van der Waals surface area contributed by atoms with Gasteiger partial charge in [0.05, 0.1) is 11.1 Å². The molecule has 138 valence electrons. The number of hydrogen-bond donors (Lipinski definition) is 0. The fraction of sp³-hybridized carbons (Fsp3) is 0.0870. The Hall–Kier alpha value is -3.73. The fourth-order valence-corrected chi connectivity index (χ4v) is 3.10. The van der Waals surface area contributed by atoms with E-state index >= 15 is 0 Å². The Morgan fingerprint density at radius 3 is 2.61 bits per heavy atom. The van der Waals surface area contributed by atoms with Gasteiger partial charge in [-0.2, -0.15) is 0 Å². The van der Waals surface area contributed by atoms with Crippen LogP contribution in [0.3, 0.4) is 0 Å². The van der Waals surface area contributed by atoms with E-state index in [1.54, 1.807) is 37.3 Å². The zero-order valence-electron chi connectivity index (χ0n) is 15.4. The third-order valence-electron chi connectivity index (χ3n) is 4.41. The van der Waals surface area contributed by atoms with Gasteiger partial charge >= 0.3 is 5.97 Å². The van der Waals surface area contributed by atoms with E-state index < -0.39 is 5.97 Å². The van der Waals surface area contributed by atoms with E-state index in [4.69, 9.17) is 9.47 Å². The molecule has 3 aromatic rings. The number of pyridine rings is 1. The lowest BCUT2D eigenvalue weighted by Crippen LogP contribution is -2.08. The Morgan fingerprint density at radius 1 is 1.07 bits per heavy atom. The zero-order chi connectivity index (χ0) is 19.7. The van der Waals surface area contributed by atoms with E-state index in [1.165, 1.54) is 12.4 Å². The van der Waals surface area contributed by atoms with Crippen LogP contribution < -0.4 is 9.47 Å². The second-order valence-corrected chi connectivity index (χ2v) is 6.59. The largest absolute Gasteiger partial charge is 0.452 e. The molecule has 0 saturated heterocycles. The van der Waals surface area contributed by atoms with Crippen molar-refractivity contribution in [1.82, 2.24) is 4.98 Å². The van der Waals surface area contributed by atoms with Crippen LogP contribution in [0.1, 0.15) is 37.4 Å². The molecule has 2 heterocycles. The van der Waals surface area contributed by atoms with Crippen LogP contribution in [0.5, 0.6) is 11.5 Å². The van der Waals surface area contributed by atoms with Gasteiger partial charge < -0.3 is 9.47 Å². The molecule has 5 heteroatoms. The molecule has 0 spiro atoms. The van der Waals surface area contributed by atoms with Crippen LogP contribution in [0.25, 0.3) is 6.08 Å². The molecule has 0 unspecified atom stereocenters. The van der Waals surface area contributed by atoms with Crippen LogP contribution in [0, 0.1) is 13.8 Å². The quantitative estimate of drug-likeness (QED) is 0.384. The van der Waals surface area contributed by atoms with E-state index in [0.717, 1.165) is 11.1 Å². The molecule has 5 nitrogen and oxygen atoms in total. The van der Waals surface area contributed by atoms with Crippen LogP contribution in [-0.2, 0) is 0 Å². The summed E-state index contributed by atoms with van der Waals surface area (Å²) in [4.78, 5) is 28.9. The summed E-state index contributed by atoms with van der Waals surface area (Å²) in [5.74, 6) is 0.285. The van der Waals surface area contributed by atoms with Crippen molar-refractivity contribution in [3.63, 3.8) is 0 Å². The summed E-state index contributed by atoms with van der Waals surface area (Å²) in [5, 5.41) is 0. The number of esters is 1. The highest BCUT2D eigenvalue weighted by Gasteiger charge is 2.30. The van der Waals surface area contributed by atoms with Gasteiger partial charge in [0.1, 0.15) is 11.5 Å². The molecule has 0 N–H and O–H groups in total. The molecule has 2 aromatic carbocycles. The van der Waals surface area contributed by atoms with Crippen molar-refractivity contribution in [1.29, 1.82) is 0 Å². The highest BCUT2D eigenvalue weighted by atomic mass is 16.5. The average molecular weight is 371 g/mol. The Bertz CT molecular complexity index is 1120. The van der Waals surface area contributed by atoms with Crippen molar-refractivity contribution >= 4 is 17.8 Å². The summed E-state index contributed by atoms with van der Waals surface area (Å²) >= 11 is 0. The number of nitrogens with zero attached hydrogens (tertiary/aromatic N) is 1. The minimum absolute atomic E-state index is 0.180. The number of ketones is 1. The van der Waals surface area contributed by atoms with Crippen LogP contribution in [0.2, 0.25) is 0 Å². The Kier molecular flexibility index (Phi) is 4.49. The molecule has 0 atom stereocenters. The first kappa shape index (κ1) is 17.7. The summed E-state index contributed by atoms with van der Waals surface area (Å²) in [5.41, 5.74) is 3.55. The van der Waals surface area contributed by atoms with Crippen molar-refractivity contribution in [2.45, 2.75) is 13.8 Å². The van der Waals surface area contributed by atoms with Gasteiger partial charge in [-0.1, -0.05) is 29.8 Å². The smallest absolute Gasteiger partial charge is 0.343 e. The number of aryl methyl sites for hydroxylation is 2. The third-order valence-corrected chi connectivity index (χ3v) is 4.41. The first-order valence-corrected chi connectivity index (χ1v) is 8.79. The standard InChI is InChI=1S/C23H17NO4/c1-14-4-3-5-16(10-14)12-20-22(25)21-15(2)11-18(13-19(21)28-20)27-23(26)17-6-8-24-9-7-17/h3-13H,1-2H3/b20-12-. The average Bonchev–Trinajstić information content (AvgIpc) is 2.98. The van der Waals surface area contributed by atoms with Crippen molar-refractivity contribution in [2.24, 2.45) is 0 Å². The molecule has 0 radical (unpaired) electrons. The van der Waals surface area contributed by atoms with Crippen LogP contribution in [-0.4, -0.2) is 16.7 Å². The minimum Gasteiger partial charge on any atom is -0.452 e. The van der Waals surface area contributed by atoms with Gasteiger partial charge in [-0.05, 0) is 49.2 Å². The van der Waals surface area contributed by atoms with E-state index in [9.17, 15) is 9.59 Å². The SMILES string of the molecule is Cc1cccc(/C=C2\Oc3cc(OC(=O)c4ccncc4)cc(C)c3C2=O)c1. The zero-order valence-corrected chi connectivity index (χ0v) is 15.4. The van der Waals surface area contributed by atoms with Crippen molar-refractivity contribution < 1.29 is 19.1 Å². The monoisotopic (exact) mass is 371 g/mol. The summed E-state index contributed by atoms with van der Waals surface area (Å²) in [7, 11) is 0. The van der Waals surface area contributed by atoms with E-state index in [0.29, 0.717) is 28.2 Å². The normalized spacial score (nSPS) is 13.9. The van der Waals surface area contributed by atoms with Gasteiger partial charge in [0.25, 0.3) is 0 Å². The van der Waals surface area contributed by atoms with Crippen molar-refractivity contribution in [2.75, 3.05) is 0 Å². The summed E-state index contributed by atoms with van der Waals surface area (Å²) in [6, 6.07) is 14.2. The van der Waals surface area contributed by atoms with Crippen LogP contribution in [0.4, 0.5) is 0 Å². The summed E-state index contributed by atoms with van der Waals surface area (Å²) < 4.78 is 11.2. The van der Waals surface area contributed by atoms with Crippen molar-refractivity contribution in [3.05, 3.63) is 94.5 Å². The van der Waals surface area contributed by atoms with Crippen LogP contribution >= 0.6 is 0 Å². The first-order chi connectivity index (χ1) is 13.5. The molecule has 0 aliphatic carbocycles. The number of carbonyl (C=O) groups is 2. The van der Waals surface area contributed by atoms with Gasteiger partial charge in [0, 0.05) is 18.5 Å². The van der Waals surface area contributed by atoms with Gasteiger partial charge in [-0.3, -0.25) is 9.78 Å². The molecule has 28 heavy (non-hydrogen) atoms. The van der Waals surface area contributed by atoms with Gasteiger partial charge in [0.2, 0.25) is 5.78 Å². The minimum atomic E-state index is -0.499. The fourth-order valence-electron chi connectivity index (χ4n) is 3.10. The lowest BCUT2D eigenvalue weighted by molar-refractivity contribution is 0.0734. The lowest BCUT2D eigenvalue weighted by Gasteiger charge is -2.07.